The van der Waals surface area contributed by atoms with Crippen LogP contribution in [0.3, 0.4) is 0 Å². The SMILES string of the molecule is CCCNC(CCCC(C)C)C1CCCC1(C)C. The summed E-state index contributed by atoms with van der Waals surface area (Å²) in [5, 5.41) is 3.84. The van der Waals surface area contributed by atoms with E-state index in [1.165, 1.54) is 51.5 Å². The van der Waals surface area contributed by atoms with Gasteiger partial charge in [0.25, 0.3) is 0 Å². The minimum atomic E-state index is 0.559. The molecule has 1 rings (SSSR count). The summed E-state index contributed by atoms with van der Waals surface area (Å²) in [6.07, 6.45) is 9.72. The second kappa shape index (κ2) is 7.53. The van der Waals surface area contributed by atoms with Crippen LogP contribution in [0, 0.1) is 17.3 Å². The predicted molar refractivity (Wildman–Crippen MR) is 81.9 cm³/mol. The fourth-order valence-corrected chi connectivity index (χ4v) is 3.62. The van der Waals surface area contributed by atoms with Gasteiger partial charge in [-0.15, -0.1) is 0 Å². The van der Waals surface area contributed by atoms with Crippen LogP contribution in [-0.2, 0) is 0 Å². The lowest BCUT2D eigenvalue weighted by molar-refractivity contribution is 0.186. The van der Waals surface area contributed by atoms with Crippen LogP contribution in [0.5, 0.6) is 0 Å². The molecule has 0 aromatic heterocycles. The Kier molecular flexibility index (Phi) is 6.70. The van der Waals surface area contributed by atoms with Crippen LogP contribution in [0.15, 0.2) is 0 Å². The molecule has 1 aliphatic rings. The van der Waals surface area contributed by atoms with E-state index in [2.05, 4.69) is 39.9 Å². The molecule has 1 fully saturated rings. The third kappa shape index (κ3) is 4.91. The fourth-order valence-electron chi connectivity index (χ4n) is 3.62. The highest BCUT2D eigenvalue weighted by molar-refractivity contribution is 4.92. The van der Waals surface area contributed by atoms with Crippen molar-refractivity contribution >= 4 is 0 Å². The maximum atomic E-state index is 3.84. The van der Waals surface area contributed by atoms with Crippen LogP contribution < -0.4 is 5.32 Å². The Labute approximate surface area is 115 Å². The van der Waals surface area contributed by atoms with Gasteiger partial charge in [-0.2, -0.15) is 0 Å². The minimum Gasteiger partial charge on any atom is -0.314 e. The van der Waals surface area contributed by atoms with E-state index < -0.39 is 0 Å². The van der Waals surface area contributed by atoms with Crippen molar-refractivity contribution in [1.82, 2.24) is 5.32 Å². The Bertz CT molecular complexity index is 220. The van der Waals surface area contributed by atoms with Crippen molar-refractivity contribution in [2.24, 2.45) is 17.3 Å². The third-order valence-electron chi connectivity index (χ3n) is 4.78. The molecule has 0 aliphatic heterocycles. The second-order valence-electron chi connectivity index (χ2n) is 7.37. The number of hydrogen-bond donors (Lipinski definition) is 1. The highest BCUT2D eigenvalue weighted by atomic mass is 14.9. The third-order valence-corrected chi connectivity index (χ3v) is 4.78. The van der Waals surface area contributed by atoms with Gasteiger partial charge in [0, 0.05) is 6.04 Å². The summed E-state index contributed by atoms with van der Waals surface area (Å²) in [5.74, 6) is 1.75. The van der Waals surface area contributed by atoms with Crippen LogP contribution in [0.2, 0.25) is 0 Å². The van der Waals surface area contributed by atoms with Crippen LogP contribution in [0.1, 0.15) is 79.6 Å². The highest BCUT2D eigenvalue weighted by Crippen LogP contribution is 2.45. The van der Waals surface area contributed by atoms with Gasteiger partial charge >= 0.3 is 0 Å². The first-order valence-electron chi connectivity index (χ1n) is 8.20. The molecule has 108 valence electrons. The largest absolute Gasteiger partial charge is 0.314 e. The molecule has 0 spiro atoms. The van der Waals surface area contributed by atoms with Crippen molar-refractivity contribution in [3.63, 3.8) is 0 Å². The van der Waals surface area contributed by atoms with Gasteiger partial charge in [-0.3, -0.25) is 0 Å². The van der Waals surface area contributed by atoms with Crippen molar-refractivity contribution < 1.29 is 0 Å². The van der Waals surface area contributed by atoms with Gasteiger partial charge in [-0.25, -0.2) is 0 Å². The summed E-state index contributed by atoms with van der Waals surface area (Å²) in [6.45, 7) is 13.1. The molecule has 0 radical (unpaired) electrons. The summed E-state index contributed by atoms with van der Waals surface area (Å²) < 4.78 is 0. The van der Waals surface area contributed by atoms with Crippen molar-refractivity contribution in [2.75, 3.05) is 6.54 Å². The van der Waals surface area contributed by atoms with Gasteiger partial charge in [-0.05, 0) is 49.5 Å². The maximum Gasteiger partial charge on any atom is 0.0100 e. The molecule has 0 bridgehead atoms. The summed E-state index contributed by atoms with van der Waals surface area (Å²) >= 11 is 0. The molecular weight excluding hydrogens is 218 g/mol. The van der Waals surface area contributed by atoms with Gasteiger partial charge in [0.15, 0.2) is 0 Å². The Morgan fingerprint density at radius 3 is 2.44 bits per heavy atom. The minimum absolute atomic E-state index is 0.559. The summed E-state index contributed by atoms with van der Waals surface area (Å²) in [6, 6.07) is 0.765. The molecule has 0 heterocycles. The van der Waals surface area contributed by atoms with Crippen LogP contribution in [-0.4, -0.2) is 12.6 Å². The van der Waals surface area contributed by atoms with E-state index in [0.29, 0.717) is 5.41 Å². The van der Waals surface area contributed by atoms with E-state index in [4.69, 9.17) is 0 Å². The van der Waals surface area contributed by atoms with Crippen molar-refractivity contribution in [1.29, 1.82) is 0 Å². The Morgan fingerprint density at radius 1 is 1.22 bits per heavy atom. The molecule has 0 saturated heterocycles. The topological polar surface area (TPSA) is 12.0 Å². The highest BCUT2D eigenvalue weighted by Gasteiger charge is 2.38. The first-order chi connectivity index (χ1) is 8.47. The van der Waals surface area contributed by atoms with Crippen molar-refractivity contribution in [2.45, 2.75) is 85.6 Å². The van der Waals surface area contributed by atoms with Gasteiger partial charge in [0.2, 0.25) is 0 Å². The smallest absolute Gasteiger partial charge is 0.0100 e. The van der Waals surface area contributed by atoms with Gasteiger partial charge in [0.05, 0.1) is 0 Å². The molecule has 1 saturated carbocycles. The van der Waals surface area contributed by atoms with E-state index in [9.17, 15) is 0 Å². The lowest BCUT2D eigenvalue weighted by atomic mass is 9.76. The van der Waals surface area contributed by atoms with E-state index in [1.54, 1.807) is 0 Å². The number of rotatable bonds is 8. The average molecular weight is 253 g/mol. The molecule has 2 atom stereocenters. The zero-order valence-corrected chi connectivity index (χ0v) is 13.4. The van der Waals surface area contributed by atoms with Gasteiger partial charge in [0.1, 0.15) is 0 Å². The van der Waals surface area contributed by atoms with E-state index >= 15 is 0 Å². The second-order valence-corrected chi connectivity index (χ2v) is 7.37. The normalized spacial score (nSPS) is 24.7. The van der Waals surface area contributed by atoms with Crippen molar-refractivity contribution in [3.05, 3.63) is 0 Å². The standard InChI is InChI=1S/C17H35N/c1-6-13-18-16(11-7-9-14(2)3)15-10-8-12-17(15,4)5/h14-16,18H,6-13H2,1-5H3. The monoisotopic (exact) mass is 253 g/mol. The first-order valence-corrected chi connectivity index (χ1v) is 8.20. The zero-order valence-electron chi connectivity index (χ0n) is 13.4. The number of nitrogens with one attached hydrogen (secondary N) is 1. The zero-order chi connectivity index (χ0) is 13.6. The van der Waals surface area contributed by atoms with Crippen molar-refractivity contribution in [3.8, 4) is 0 Å². The summed E-state index contributed by atoms with van der Waals surface area (Å²) in [4.78, 5) is 0. The Balaban J connectivity index is 2.48. The summed E-state index contributed by atoms with van der Waals surface area (Å²) in [5.41, 5.74) is 0.559. The molecular formula is C17H35N. The van der Waals surface area contributed by atoms with E-state index in [0.717, 1.165) is 17.9 Å². The molecule has 1 N–H and O–H groups in total. The Morgan fingerprint density at radius 2 is 1.94 bits per heavy atom. The Hall–Kier alpha value is -0.0400. The molecule has 18 heavy (non-hydrogen) atoms. The maximum absolute atomic E-state index is 3.84. The van der Waals surface area contributed by atoms with Gasteiger partial charge < -0.3 is 5.32 Å². The lowest BCUT2D eigenvalue weighted by Gasteiger charge is -2.35. The lowest BCUT2D eigenvalue weighted by Crippen LogP contribution is -2.41. The molecule has 0 aromatic rings. The summed E-state index contributed by atoms with van der Waals surface area (Å²) in [7, 11) is 0. The molecule has 0 amide bonds. The average Bonchev–Trinajstić information content (AvgIpc) is 2.63. The molecule has 0 aromatic carbocycles. The fraction of sp³-hybridized carbons (Fsp3) is 1.00. The first kappa shape index (κ1) is 16.0. The van der Waals surface area contributed by atoms with E-state index in [-0.39, 0.29) is 0 Å². The molecule has 1 nitrogen and oxygen atoms in total. The predicted octanol–water partition coefficient (Wildman–Crippen LogP) is 5.01. The van der Waals surface area contributed by atoms with Gasteiger partial charge in [-0.1, -0.05) is 53.9 Å². The van der Waals surface area contributed by atoms with Crippen LogP contribution in [0.4, 0.5) is 0 Å². The molecule has 1 aliphatic carbocycles. The number of hydrogen-bond acceptors (Lipinski definition) is 1. The van der Waals surface area contributed by atoms with Crippen LogP contribution in [0.25, 0.3) is 0 Å². The van der Waals surface area contributed by atoms with Crippen LogP contribution >= 0.6 is 0 Å². The molecule has 2 unspecified atom stereocenters. The quantitative estimate of drug-likeness (QED) is 0.641. The molecule has 1 heteroatoms. The van der Waals surface area contributed by atoms with E-state index in [1.807, 2.05) is 0 Å².